The highest BCUT2D eigenvalue weighted by Gasteiger charge is 2.25. The summed E-state index contributed by atoms with van der Waals surface area (Å²) in [5, 5.41) is 0. The lowest BCUT2D eigenvalue weighted by Crippen LogP contribution is -2.26. The van der Waals surface area contributed by atoms with Crippen LogP contribution in [0.4, 0.5) is 0 Å². The molecule has 0 amide bonds. The largest absolute Gasteiger partial charge is 0.489 e. The summed E-state index contributed by atoms with van der Waals surface area (Å²) < 4.78 is 5.70. The fourth-order valence-corrected chi connectivity index (χ4v) is 3.03. The van der Waals surface area contributed by atoms with Crippen molar-refractivity contribution in [3.8, 4) is 5.75 Å². The number of pyridine rings is 1. The van der Waals surface area contributed by atoms with Crippen LogP contribution in [-0.4, -0.2) is 11.1 Å². The molecule has 0 aliphatic heterocycles. The van der Waals surface area contributed by atoms with Crippen molar-refractivity contribution < 1.29 is 4.74 Å². The lowest BCUT2D eigenvalue weighted by molar-refractivity contribution is 0.237. The molecule has 1 aliphatic rings. The van der Waals surface area contributed by atoms with Crippen molar-refractivity contribution in [2.24, 2.45) is 17.6 Å². The van der Waals surface area contributed by atoms with E-state index in [4.69, 9.17) is 10.5 Å². The fourth-order valence-electron chi connectivity index (χ4n) is 3.03. The third-order valence-corrected chi connectivity index (χ3v) is 3.98. The first-order valence-corrected chi connectivity index (χ1v) is 7.43. The number of aromatic nitrogens is 1. The van der Waals surface area contributed by atoms with Crippen molar-refractivity contribution in [1.82, 2.24) is 4.98 Å². The van der Waals surface area contributed by atoms with Gasteiger partial charge >= 0.3 is 0 Å². The molecule has 106 valence electrons. The lowest BCUT2D eigenvalue weighted by Gasteiger charge is -2.31. The molecule has 2 N–H and O–H groups in total. The highest BCUT2D eigenvalue weighted by atomic mass is 16.5. The standard InChI is InChI=1S/C16H26N2O/c1-11(2)19-15-8-14(9-18-10-15)16(17)13-6-4-5-12(3)7-13/h8-13,16H,4-7,17H2,1-3H3. The Balaban J connectivity index is 2.07. The number of nitrogens with two attached hydrogens (primary N) is 1. The molecule has 3 atom stereocenters. The van der Waals surface area contributed by atoms with Gasteiger partial charge < -0.3 is 10.5 Å². The van der Waals surface area contributed by atoms with E-state index in [9.17, 15) is 0 Å². The second-order valence-electron chi connectivity index (χ2n) is 6.18. The summed E-state index contributed by atoms with van der Waals surface area (Å²) in [6.07, 6.45) is 8.93. The predicted molar refractivity (Wildman–Crippen MR) is 78.1 cm³/mol. The van der Waals surface area contributed by atoms with Gasteiger partial charge in [0.15, 0.2) is 0 Å². The molecule has 0 radical (unpaired) electrons. The Kier molecular flexibility index (Phi) is 4.81. The van der Waals surface area contributed by atoms with E-state index in [0.29, 0.717) is 5.92 Å². The Morgan fingerprint density at radius 1 is 1.32 bits per heavy atom. The molecular formula is C16H26N2O. The molecule has 0 aromatic carbocycles. The number of hydrogen-bond acceptors (Lipinski definition) is 3. The van der Waals surface area contributed by atoms with Gasteiger partial charge in [0, 0.05) is 12.2 Å². The van der Waals surface area contributed by atoms with Gasteiger partial charge in [-0.15, -0.1) is 0 Å². The van der Waals surface area contributed by atoms with Gasteiger partial charge in [-0.05, 0) is 50.2 Å². The van der Waals surface area contributed by atoms with E-state index in [0.717, 1.165) is 17.2 Å². The molecule has 1 aromatic heterocycles. The fraction of sp³-hybridized carbons (Fsp3) is 0.688. The normalized spacial score (nSPS) is 25.3. The van der Waals surface area contributed by atoms with Crippen LogP contribution in [0.15, 0.2) is 18.5 Å². The molecular weight excluding hydrogens is 236 g/mol. The van der Waals surface area contributed by atoms with E-state index in [1.165, 1.54) is 25.7 Å². The summed E-state index contributed by atoms with van der Waals surface area (Å²) in [7, 11) is 0. The topological polar surface area (TPSA) is 48.1 Å². The van der Waals surface area contributed by atoms with Crippen LogP contribution in [-0.2, 0) is 0 Å². The summed E-state index contributed by atoms with van der Waals surface area (Å²) in [5.74, 6) is 2.21. The van der Waals surface area contributed by atoms with Gasteiger partial charge in [-0.2, -0.15) is 0 Å². The summed E-state index contributed by atoms with van der Waals surface area (Å²) in [5.41, 5.74) is 7.54. The van der Waals surface area contributed by atoms with E-state index in [-0.39, 0.29) is 12.1 Å². The molecule has 3 unspecified atom stereocenters. The quantitative estimate of drug-likeness (QED) is 0.900. The summed E-state index contributed by atoms with van der Waals surface area (Å²) in [4.78, 5) is 4.27. The van der Waals surface area contributed by atoms with Crippen molar-refractivity contribution >= 4 is 0 Å². The van der Waals surface area contributed by atoms with Crippen molar-refractivity contribution in [2.75, 3.05) is 0 Å². The van der Waals surface area contributed by atoms with Crippen LogP contribution < -0.4 is 10.5 Å². The van der Waals surface area contributed by atoms with Crippen LogP contribution in [0.5, 0.6) is 5.75 Å². The molecule has 2 rings (SSSR count). The number of rotatable bonds is 4. The molecule has 0 spiro atoms. The maximum atomic E-state index is 6.44. The zero-order chi connectivity index (χ0) is 13.8. The molecule has 3 nitrogen and oxygen atoms in total. The SMILES string of the molecule is CC1CCCC(C(N)c2cncc(OC(C)C)c2)C1. The van der Waals surface area contributed by atoms with Crippen LogP contribution in [0.3, 0.4) is 0 Å². The van der Waals surface area contributed by atoms with Crippen LogP contribution >= 0.6 is 0 Å². The molecule has 1 fully saturated rings. The highest BCUT2D eigenvalue weighted by molar-refractivity contribution is 5.26. The molecule has 1 aliphatic carbocycles. The van der Waals surface area contributed by atoms with Crippen molar-refractivity contribution in [1.29, 1.82) is 0 Å². The van der Waals surface area contributed by atoms with E-state index in [1.807, 2.05) is 20.0 Å². The predicted octanol–water partition coefficient (Wildman–Crippen LogP) is 3.69. The third-order valence-electron chi connectivity index (χ3n) is 3.98. The highest BCUT2D eigenvalue weighted by Crippen LogP contribution is 2.36. The van der Waals surface area contributed by atoms with Crippen LogP contribution in [0.1, 0.15) is 58.1 Å². The summed E-state index contributed by atoms with van der Waals surface area (Å²) in [6, 6.07) is 2.14. The second-order valence-corrected chi connectivity index (χ2v) is 6.18. The zero-order valence-electron chi connectivity index (χ0n) is 12.3. The Morgan fingerprint density at radius 2 is 2.11 bits per heavy atom. The molecule has 3 heteroatoms. The van der Waals surface area contributed by atoms with Gasteiger partial charge in [0.05, 0.1) is 12.3 Å². The number of ether oxygens (including phenoxy) is 1. The first kappa shape index (κ1) is 14.3. The zero-order valence-corrected chi connectivity index (χ0v) is 12.3. The van der Waals surface area contributed by atoms with E-state index in [1.54, 1.807) is 6.20 Å². The first-order valence-electron chi connectivity index (χ1n) is 7.43. The maximum Gasteiger partial charge on any atom is 0.138 e. The van der Waals surface area contributed by atoms with Crippen LogP contribution in [0, 0.1) is 11.8 Å². The van der Waals surface area contributed by atoms with Gasteiger partial charge in [-0.1, -0.05) is 19.8 Å². The van der Waals surface area contributed by atoms with Gasteiger partial charge in [-0.3, -0.25) is 4.98 Å². The monoisotopic (exact) mass is 262 g/mol. The summed E-state index contributed by atoms with van der Waals surface area (Å²) in [6.45, 7) is 6.38. The van der Waals surface area contributed by atoms with Gasteiger partial charge in [0.25, 0.3) is 0 Å². The maximum absolute atomic E-state index is 6.44. The van der Waals surface area contributed by atoms with Crippen molar-refractivity contribution in [3.05, 3.63) is 24.0 Å². The molecule has 19 heavy (non-hydrogen) atoms. The average Bonchev–Trinajstić information content (AvgIpc) is 2.37. The van der Waals surface area contributed by atoms with E-state index >= 15 is 0 Å². The second kappa shape index (κ2) is 6.38. The van der Waals surface area contributed by atoms with Crippen molar-refractivity contribution in [2.45, 2.75) is 58.6 Å². The minimum absolute atomic E-state index is 0.0889. The van der Waals surface area contributed by atoms with Crippen molar-refractivity contribution in [3.63, 3.8) is 0 Å². The Labute approximate surface area is 116 Å². The van der Waals surface area contributed by atoms with Gasteiger partial charge in [0.2, 0.25) is 0 Å². The van der Waals surface area contributed by atoms with Crippen LogP contribution in [0.2, 0.25) is 0 Å². The minimum atomic E-state index is 0.0889. The van der Waals surface area contributed by atoms with Gasteiger partial charge in [-0.25, -0.2) is 0 Å². The molecule has 1 heterocycles. The Hall–Kier alpha value is -1.09. The number of nitrogens with zero attached hydrogens (tertiary/aromatic N) is 1. The Bertz CT molecular complexity index is 405. The van der Waals surface area contributed by atoms with E-state index in [2.05, 4.69) is 18.0 Å². The number of hydrogen-bond donors (Lipinski definition) is 1. The lowest BCUT2D eigenvalue weighted by atomic mass is 9.77. The summed E-state index contributed by atoms with van der Waals surface area (Å²) >= 11 is 0. The Morgan fingerprint density at radius 3 is 2.79 bits per heavy atom. The average molecular weight is 262 g/mol. The first-order chi connectivity index (χ1) is 9.06. The smallest absolute Gasteiger partial charge is 0.138 e. The van der Waals surface area contributed by atoms with Crippen LogP contribution in [0.25, 0.3) is 0 Å². The molecule has 0 saturated heterocycles. The minimum Gasteiger partial charge on any atom is -0.489 e. The third kappa shape index (κ3) is 3.93. The molecule has 1 saturated carbocycles. The molecule has 0 bridgehead atoms. The van der Waals surface area contributed by atoms with E-state index < -0.39 is 0 Å². The van der Waals surface area contributed by atoms with Gasteiger partial charge in [0.1, 0.15) is 5.75 Å². The molecule has 1 aromatic rings.